The fourth-order valence-electron chi connectivity index (χ4n) is 2.79. The van der Waals surface area contributed by atoms with Crippen molar-refractivity contribution in [3.63, 3.8) is 0 Å². The van der Waals surface area contributed by atoms with E-state index in [-0.39, 0.29) is 18.5 Å². The minimum atomic E-state index is -0.207. The van der Waals surface area contributed by atoms with Crippen LogP contribution in [0.15, 0.2) is 40.0 Å². The van der Waals surface area contributed by atoms with Crippen molar-refractivity contribution in [2.75, 3.05) is 17.9 Å². The van der Waals surface area contributed by atoms with Crippen molar-refractivity contribution in [2.24, 2.45) is 0 Å². The average Bonchev–Trinajstić information content (AvgIpc) is 3.31. The average molecular weight is 418 g/mol. The minimum Gasteiger partial charge on any atom is -0.454 e. The van der Waals surface area contributed by atoms with Gasteiger partial charge in [-0.3, -0.25) is 4.79 Å². The molecule has 7 nitrogen and oxygen atoms in total. The van der Waals surface area contributed by atoms with Crippen molar-refractivity contribution in [2.45, 2.75) is 19.1 Å². The van der Waals surface area contributed by atoms with Crippen LogP contribution in [0.4, 0.5) is 5.69 Å². The van der Waals surface area contributed by atoms with E-state index in [0.29, 0.717) is 33.3 Å². The second-order valence-electron chi connectivity index (χ2n) is 6.22. The first-order valence-corrected chi connectivity index (χ1v) is 9.79. The maximum atomic E-state index is 12.3. The van der Waals surface area contributed by atoms with Crippen LogP contribution in [0.2, 0.25) is 5.02 Å². The molecule has 1 aliphatic heterocycles. The quantitative estimate of drug-likeness (QED) is 0.613. The van der Waals surface area contributed by atoms with Crippen LogP contribution in [0, 0.1) is 13.8 Å². The van der Waals surface area contributed by atoms with E-state index in [4.69, 9.17) is 25.5 Å². The molecule has 28 heavy (non-hydrogen) atoms. The number of nitrogens with zero attached hydrogens (tertiary/aromatic N) is 2. The van der Waals surface area contributed by atoms with E-state index in [1.807, 2.05) is 32.0 Å². The summed E-state index contributed by atoms with van der Waals surface area (Å²) in [4.78, 5) is 12.3. The summed E-state index contributed by atoms with van der Waals surface area (Å²) >= 11 is 7.38. The molecule has 4 rings (SSSR count). The van der Waals surface area contributed by atoms with Crippen LogP contribution in [0.5, 0.6) is 11.5 Å². The number of amides is 1. The Morgan fingerprint density at radius 2 is 2.00 bits per heavy atom. The van der Waals surface area contributed by atoms with E-state index in [9.17, 15) is 4.79 Å². The topological polar surface area (TPSA) is 86.5 Å². The molecule has 0 radical (unpaired) electrons. The fraction of sp³-hybridized carbons (Fsp3) is 0.211. The molecule has 0 bridgehead atoms. The van der Waals surface area contributed by atoms with Crippen LogP contribution >= 0.6 is 23.4 Å². The van der Waals surface area contributed by atoms with E-state index in [1.165, 1.54) is 0 Å². The number of halogens is 1. The van der Waals surface area contributed by atoms with Crippen molar-refractivity contribution < 1.29 is 18.7 Å². The van der Waals surface area contributed by atoms with Gasteiger partial charge in [0.15, 0.2) is 11.5 Å². The van der Waals surface area contributed by atoms with E-state index in [1.54, 1.807) is 12.1 Å². The molecule has 1 amide bonds. The Bertz CT molecular complexity index is 1030. The predicted octanol–water partition coefficient (Wildman–Crippen LogP) is 4.47. The van der Waals surface area contributed by atoms with Crippen LogP contribution in [0.1, 0.15) is 11.1 Å². The number of carbonyl (C=O) groups is 1. The van der Waals surface area contributed by atoms with Gasteiger partial charge in [-0.25, -0.2) is 0 Å². The van der Waals surface area contributed by atoms with Gasteiger partial charge in [-0.15, -0.1) is 10.2 Å². The monoisotopic (exact) mass is 417 g/mol. The molecule has 0 spiro atoms. The van der Waals surface area contributed by atoms with Gasteiger partial charge in [-0.1, -0.05) is 29.4 Å². The molecule has 1 aromatic heterocycles. The smallest absolute Gasteiger partial charge is 0.277 e. The van der Waals surface area contributed by atoms with Gasteiger partial charge in [0.2, 0.25) is 18.6 Å². The number of hydrogen-bond acceptors (Lipinski definition) is 7. The van der Waals surface area contributed by atoms with Crippen LogP contribution in [-0.2, 0) is 4.79 Å². The van der Waals surface area contributed by atoms with Gasteiger partial charge >= 0.3 is 0 Å². The lowest BCUT2D eigenvalue weighted by Gasteiger charge is -2.11. The maximum absolute atomic E-state index is 12.3. The molecule has 1 N–H and O–H groups in total. The Hall–Kier alpha value is -2.71. The number of thioether (sulfide) groups is 1. The van der Waals surface area contributed by atoms with Gasteiger partial charge in [0.05, 0.1) is 16.5 Å². The van der Waals surface area contributed by atoms with Crippen molar-refractivity contribution in [3.8, 4) is 23.0 Å². The largest absolute Gasteiger partial charge is 0.454 e. The lowest BCUT2D eigenvalue weighted by Crippen LogP contribution is -2.15. The number of ether oxygens (including phenoxy) is 2. The van der Waals surface area contributed by atoms with Gasteiger partial charge in [-0.2, -0.15) is 0 Å². The molecule has 2 heterocycles. The molecule has 144 valence electrons. The number of anilines is 1. The maximum Gasteiger partial charge on any atom is 0.277 e. The Kier molecular flexibility index (Phi) is 5.15. The molecule has 9 heteroatoms. The zero-order valence-corrected chi connectivity index (χ0v) is 16.7. The highest BCUT2D eigenvalue weighted by Gasteiger charge is 2.17. The molecule has 0 fully saturated rings. The number of aromatic nitrogens is 2. The van der Waals surface area contributed by atoms with Crippen molar-refractivity contribution >= 4 is 35.0 Å². The molecule has 0 unspecified atom stereocenters. The summed E-state index contributed by atoms with van der Waals surface area (Å²) in [5.41, 5.74) is 3.28. The highest BCUT2D eigenvalue weighted by molar-refractivity contribution is 7.99. The van der Waals surface area contributed by atoms with Crippen molar-refractivity contribution in [1.82, 2.24) is 10.2 Å². The number of aryl methyl sites for hydroxylation is 2. The standard InChI is InChI=1S/C19H16ClN3O4S/c1-10-5-11(2)17(13(20)6-10)21-16(24)8-28-19-23-22-18(27-19)12-3-4-14-15(7-12)26-9-25-14/h3-7H,8-9H2,1-2H3,(H,21,24). The third-order valence-electron chi connectivity index (χ3n) is 4.05. The first kappa shape index (κ1) is 18.6. The predicted molar refractivity (Wildman–Crippen MR) is 106 cm³/mol. The summed E-state index contributed by atoms with van der Waals surface area (Å²) in [5.74, 6) is 1.57. The Morgan fingerprint density at radius 1 is 1.18 bits per heavy atom. The SMILES string of the molecule is Cc1cc(C)c(NC(=O)CSc2nnc(-c3ccc4c(c3)OCO4)o2)c(Cl)c1. The Morgan fingerprint density at radius 3 is 2.82 bits per heavy atom. The molecular formula is C19H16ClN3O4S. The highest BCUT2D eigenvalue weighted by Crippen LogP contribution is 2.36. The molecule has 0 saturated carbocycles. The van der Waals surface area contributed by atoms with E-state index >= 15 is 0 Å². The van der Waals surface area contributed by atoms with E-state index in [2.05, 4.69) is 15.5 Å². The van der Waals surface area contributed by atoms with Crippen molar-refractivity contribution in [1.29, 1.82) is 0 Å². The summed E-state index contributed by atoms with van der Waals surface area (Å²) < 4.78 is 16.3. The number of fused-ring (bicyclic) bond motifs is 1. The molecule has 0 saturated heterocycles. The van der Waals surface area contributed by atoms with Crippen molar-refractivity contribution in [3.05, 3.63) is 46.5 Å². The molecular weight excluding hydrogens is 402 g/mol. The highest BCUT2D eigenvalue weighted by atomic mass is 35.5. The third-order valence-corrected chi connectivity index (χ3v) is 5.17. The van der Waals surface area contributed by atoms with Gasteiger partial charge in [-0.05, 0) is 49.2 Å². The van der Waals surface area contributed by atoms with Crippen LogP contribution in [-0.4, -0.2) is 28.7 Å². The first-order chi connectivity index (χ1) is 13.5. The number of rotatable bonds is 5. The number of nitrogens with one attached hydrogen (secondary N) is 1. The Balaban J connectivity index is 1.39. The summed E-state index contributed by atoms with van der Waals surface area (Å²) in [7, 11) is 0. The number of carbonyl (C=O) groups excluding carboxylic acids is 1. The zero-order valence-electron chi connectivity index (χ0n) is 15.1. The normalized spacial score (nSPS) is 12.2. The van der Waals surface area contributed by atoms with Gasteiger partial charge in [0.1, 0.15) is 0 Å². The summed E-state index contributed by atoms with van der Waals surface area (Å²) in [6, 6.07) is 9.15. The zero-order chi connectivity index (χ0) is 19.7. The second-order valence-corrected chi connectivity index (χ2v) is 7.55. The molecule has 0 aliphatic carbocycles. The van der Waals surface area contributed by atoms with Crippen LogP contribution in [0.3, 0.4) is 0 Å². The van der Waals surface area contributed by atoms with Gasteiger partial charge in [0.25, 0.3) is 5.22 Å². The summed E-state index contributed by atoms with van der Waals surface area (Å²) in [6.07, 6.45) is 0. The number of benzene rings is 2. The Labute approximate surface area is 170 Å². The molecule has 2 aromatic carbocycles. The lowest BCUT2D eigenvalue weighted by molar-refractivity contribution is -0.113. The lowest BCUT2D eigenvalue weighted by atomic mass is 10.1. The first-order valence-electron chi connectivity index (χ1n) is 8.42. The summed E-state index contributed by atoms with van der Waals surface area (Å²) in [6.45, 7) is 4.05. The third kappa shape index (κ3) is 3.93. The summed E-state index contributed by atoms with van der Waals surface area (Å²) in [5, 5.41) is 11.6. The molecule has 0 atom stereocenters. The van der Waals surface area contributed by atoms with Gasteiger partial charge < -0.3 is 19.2 Å². The van der Waals surface area contributed by atoms with Gasteiger partial charge in [0, 0.05) is 5.56 Å². The number of hydrogen-bond donors (Lipinski definition) is 1. The second kappa shape index (κ2) is 7.73. The van der Waals surface area contributed by atoms with E-state index in [0.717, 1.165) is 28.5 Å². The molecule has 3 aromatic rings. The van der Waals surface area contributed by atoms with Crippen LogP contribution in [0.25, 0.3) is 11.5 Å². The minimum absolute atomic E-state index is 0.117. The molecule has 1 aliphatic rings. The van der Waals surface area contributed by atoms with Crippen LogP contribution < -0.4 is 14.8 Å². The fourth-order valence-corrected chi connectivity index (χ4v) is 3.72. The van der Waals surface area contributed by atoms with E-state index < -0.39 is 0 Å².